The molecule has 3 aromatic carbocycles. The highest BCUT2D eigenvalue weighted by molar-refractivity contribution is 5.97. The maximum absolute atomic E-state index is 13.3. The normalized spacial score (nSPS) is 14.2. The number of alkyl halides is 6. The third-order valence-electron chi connectivity index (χ3n) is 6.76. The van der Waals surface area contributed by atoms with Crippen molar-refractivity contribution in [2.45, 2.75) is 18.9 Å². The van der Waals surface area contributed by atoms with Gasteiger partial charge in [-0.1, -0.05) is 42.5 Å². The van der Waals surface area contributed by atoms with E-state index in [2.05, 4.69) is 10.3 Å². The summed E-state index contributed by atoms with van der Waals surface area (Å²) >= 11 is 0. The van der Waals surface area contributed by atoms with Gasteiger partial charge in [0.15, 0.2) is 5.75 Å². The highest BCUT2D eigenvalue weighted by atomic mass is 19.4. The van der Waals surface area contributed by atoms with Crippen LogP contribution in [0.5, 0.6) is 5.75 Å². The second-order valence-corrected chi connectivity index (χ2v) is 9.78. The van der Waals surface area contributed by atoms with Crippen molar-refractivity contribution >= 4 is 22.8 Å². The Kier molecular flexibility index (Phi) is 7.95. The Morgan fingerprint density at radius 3 is 2.26 bits per heavy atom. The monoisotopic (exact) mass is 589 g/mol. The average molecular weight is 590 g/mol. The molecule has 1 aromatic heterocycles. The van der Waals surface area contributed by atoms with E-state index in [-0.39, 0.29) is 17.4 Å². The number of piperazine rings is 1. The first-order chi connectivity index (χ1) is 19.9. The van der Waals surface area contributed by atoms with E-state index in [0.717, 1.165) is 28.8 Å². The molecule has 1 aliphatic heterocycles. The van der Waals surface area contributed by atoms with Crippen molar-refractivity contribution in [3.05, 3.63) is 83.6 Å². The molecule has 0 saturated carbocycles. The highest BCUT2D eigenvalue weighted by Crippen LogP contribution is 2.37. The summed E-state index contributed by atoms with van der Waals surface area (Å²) in [6.07, 6.45) is -9.68. The molecule has 0 aliphatic carbocycles. The number of rotatable bonds is 5. The van der Waals surface area contributed by atoms with E-state index >= 15 is 0 Å². The zero-order valence-electron chi connectivity index (χ0n) is 22.3. The lowest BCUT2D eigenvalue weighted by atomic mass is 10.0. The minimum absolute atomic E-state index is 0.0119. The van der Waals surface area contributed by atoms with Crippen molar-refractivity contribution in [1.29, 1.82) is 0 Å². The summed E-state index contributed by atoms with van der Waals surface area (Å²) in [6, 6.07) is 14.3. The minimum Gasteiger partial charge on any atom is -0.406 e. The van der Waals surface area contributed by atoms with E-state index < -0.39 is 36.1 Å². The van der Waals surface area contributed by atoms with Crippen LogP contribution in [0.3, 0.4) is 0 Å². The number of anilines is 1. The van der Waals surface area contributed by atoms with Crippen LogP contribution in [0.1, 0.15) is 16.7 Å². The maximum Gasteiger partial charge on any atom is 0.416 e. The Morgan fingerprint density at radius 1 is 0.952 bits per heavy atom. The predicted octanol–water partition coefficient (Wildman–Crippen LogP) is 6.37. The smallest absolute Gasteiger partial charge is 0.406 e. The second kappa shape index (κ2) is 11.5. The molecule has 42 heavy (non-hydrogen) atoms. The van der Waals surface area contributed by atoms with Gasteiger partial charge in [-0.2, -0.15) is 26.3 Å². The Labute approximate surface area is 236 Å². The summed E-state index contributed by atoms with van der Waals surface area (Å²) in [4.78, 5) is 25.1. The van der Waals surface area contributed by atoms with Gasteiger partial charge in [-0.3, -0.25) is 0 Å². The van der Waals surface area contributed by atoms with Crippen LogP contribution in [0.25, 0.3) is 22.0 Å². The molecule has 5 rings (SSSR count). The number of nitrogens with zero attached hydrogens (tertiary/aromatic N) is 4. The van der Waals surface area contributed by atoms with Crippen molar-refractivity contribution in [2.24, 2.45) is 0 Å². The van der Waals surface area contributed by atoms with E-state index in [1.165, 1.54) is 13.2 Å². The number of nitrogens with one attached hydrogen (secondary N) is 1. The van der Waals surface area contributed by atoms with Crippen molar-refractivity contribution in [1.82, 2.24) is 20.2 Å². The number of aromatic nitrogens is 2. The van der Waals surface area contributed by atoms with E-state index in [0.29, 0.717) is 42.4 Å². The van der Waals surface area contributed by atoms with E-state index in [9.17, 15) is 31.1 Å². The zero-order valence-corrected chi connectivity index (χ0v) is 22.3. The van der Waals surface area contributed by atoms with Crippen molar-refractivity contribution in [2.75, 3.05) is 38.1 Å². The van der Waals surface area contributed by atoms with Crippen molar-refractivity contribution in [3.8, 4) is 17.0 Å². The predicted molar refractivity (Wildman–Crippen MR) is 144 cm³/mol. The molecule has 1 fully saturated rings. The van der Waals surface area contributed by atoms with Gasteiger partial charge in [0.2, 0.25) is 5.95 Å². The van der Waals surface area contributed by atoms with Gasteiger partial charge in [0, 0.05) is 45.3 Å². The quantitative estimate of drug-likeness (QED) is 0.273. The van der Waals surface area contributed by atoms with Crippen molar-refractivity contribution < 1.29 is 35.9 Å². The van der Waals surface area contributed by atoms with Gasteiger partial charge in [0.1, 0.15) is 5.69 Å². The van der Waals surface area contributed by atoms with Crippen LogP contribution in [0, 0.1) is 0 Å². The fraction of sp³-hybridized carbons (Fsp3) is 0.276. The van der Waals surface area contributed by atoms with Crippen LogP contribution in [0.2, 0.25) is 0 Å². The van der Waals surface area contributed by atoms with Gasteiger partial charge >= 0.3 is 18.4 Å². The Hall–Kier alpha value is -4.39. The van der Waals surface area contributed by atoms with Crippen LogP contribution in [0.4, 0.5) is 37.1 Å². The largest absolute Gasteiger partial charge is 0.416 e. The Bertz CT molecular complexity index is 1560. The Morgan fingerprint density at radius 2 is 1.60 bits per heavy atom. The second-order valence-electron chi connectivity index (χ2n) is 9.78. The van der Waals surface area contributed by atoms with Crippen LogP contribution in [-0.4, -0.2) is 54.2 Å². The molecule has 220 valence electrons. The standard InChI is InChI=1S/C29H25F6N5O2/c1-39(17-18-13-20(28(30,31)32)15-21(14-18)29(33,34)35)27(41)42-24-16-37-26(40-11-9-36-10-12-40)38-25(24)23-8-4-6-19-5-2-3-7-22(19)23/h2-8,13-16,36H,9-12,17H2,1H3. The summed E-state index contributed by atoms with van der Waals surface area (Å²) in [5.74, 6) is 0.415. The number of carbonyl (C=O) groups excluding carboxylic acids is 1. The van der Waals surface area contributed by atoms with Gasteiger partial charge < -0.3 is 19.9 Å². The van der Waals surface area contributed by atoms with Gasteiger partial charge in [-0.25, -0.2) is 14.8 Å². The third kappa shape index (κ3) is 6.40. The lowest BCUT2D eigenvalue weighted by Gasteiger charge is -2.28. The topological polar surface area (TPSA) is 70.6 Å². The number of hydrogen-bond donors (Lipinski definition) is 1. The maximum atomic E-state index is 13.3. The summed E-state index contributed by atoms with van der Waals surface area (Å²) in [6.45, 7) is 2.22. The first-order valence-corrected chi connectivity index (χ1v) is 12.9. The minimum atomic E-state index is -5.01. The fourth-order valence-corrected chi connectivity index (χ4v) is 4.70. The number of ether oxygens (including phenoxy) is 1. The first kappa shape index (κ1) is 29.1. The van der Waals surface area contributed by atoms with Gasteiger partial charge in [0.05, 0.1) is 17.3 Å². The van der Waals surface area contributed by atoms with Crippen LogP contribution in [0.15, 0.2) is 66.9 Å². The summed E-state index contributed by atoms with van der Waals surface area (Å²) in [5, 5.41) is 5.00. The van der Waals surface area contributed by atoms with Crippen LogP contribution < -0.4 is 15.0 Å². The number of halogens is 6. The molecule has 4 aromatic rings. The number of benzene rings is 3. The molecule has 0 radical (unpaired) electrons. The van der Waals surface area contributed by atoms with Crippen LogP contribution in [-0.2, 0) is 18.9 Å². The molecule has 0 unspecified atom stereocenters. The molecule has 1 aliphatic rings. The van der Waals surface area contributed by atoms with Gasteiger partial charge in [-0.05, 0) is 34.5 Å². The Balaban J connectivity index is 1.47. The number of hydrogen-bond acceptors (Lipinski definition) is 6. The molecule has 1 amide bonds. The van der Waals surface area contributed by atoms with Crippen LogP contribution >= 0.6 is 0 Å². The molecular formula is C29H25F6N5O2. The first-order valence-electron chi connectivity index (χ1n) is 12.9. The molecule has 0 bridgehead atoms. The number of amides is 1. The molecular weight excluding hydrogens is 564 g/mol. The lowest BCUT2D eigenvalue weighted by Crippen LogP contribution is -2.44. The molecule has 1 N–H and O–H groups in total. The number of fused-ring (bicyclic) bond motifs is 1. The molecule has 2 heterocycles. The summed E-state index contributed by atoms with van der Waals surface area (Å²) in [5.41, 5.74) is -2.33. The molecule has 1 saturated heterocycles. The third-order valence-corrected chi connectivity index (χ3v) is 6.76. The van der Waals surface area contributed by atoms with Gasteiger partial charge in [0.25, 0.3) is 0 Å². The molecule has 7 nitrogen and oxygen atoms in total. The summed E-state index contributed by atoms with van der Waals surface area (Å²) in [7, 11) is 1.21. The molecule has 13 heteroatoms. The zero-order chi connectivity index (χ0) is 30.1. The number of carbonyl (C=O) groups is 1. The van der Waals surface area contributed by atoms with Crippen molar-refractivity contribution in [3.63, 3.8) is 0 Å². The fourth-order valence-electron chi connectivity index (χ4n) is 4.70. The highest BCUT2D eigenvalue weighted by Gasteiger charge is 2.37. The molecule has 0 atom stereocenters. The SMILES string of the molecule is CN(Cc1cc(C(F)(F)F)cc(C(F)(F)F)c1)C(=O)Oc1cnc(N2CCNCC2)nc1-c1cccc2ccccc12. The van der Waals surface area contributed by atoms with E-state index in [1.807, 2.05) is 47.4 Å². The van der Waals surface area contributed by atoms with Gasteiger partial charge in [-0.15, -0.1) is 0 Å². The lowest BCUT2D eigenvalue weighted by molar-refractivity contribution is -0.143. The van der Waals surface area contributed by atoms with E-state index in [4.69, 9.17) is 9.72 Å². The average Bonchev–Trinajstić information content (AvgIpc) is 2.96. The molecule has 0 spiro atoms. The van der Waals surface area contributed by atoms with E-state index in [1.54, 1.807) is 0 Å². The summed E-state index contributed by atoms with van der Waals surface area (Å²) < 4.78 is 85.5.